The molecule has 1 heterocycles. The van der Waals surface area contributed by atoms with Crippen LogP contribution in [0.25, 0.3) is 10.8 Å². The van der Waals surface area contributed by atoms with Gasteiger partial charge in [0.1, 0.15) is 5.75 Å². The second-order valence-corrected chi connectivity index (χ2v) is 5.14. The molecule has 5 nitrogen and oxygen atoms in total. The number of nitrogens with one attached hydrogen (secondary N) is 1. The van der Waals surface area contributed by atoms with E-state index in [1.165, 1.54) is 0 Å². The molecule has 2 rings (SSSR count). The molecular formula is C16H20N2O3. The van der Waals surface area contributed by atoms with Crippen LogP contribution in [0, 0.1) is 0 Å². The van der Waals surface area contributed by atoms with Crippen LogP contribution in [0.15, 0.2) is 35.3 Å². The Morgan fingerprint density at radius 1 is 1.29 bits per heavy atom. The first-order valence-corrected chi connectivity index (χ1v) is 7.07. The van der Waals surface area contributed by atoms with Crippen molar-refractivity contribution in [1.29, 1.82) is 0 Å². The van der Waals surface area contributed by atoms with Crippen molar-refractivity contribution in [1.82, 2.24) is 9.88 Å². The number of ether oxygens (including phenoxy) is 1. The van der Waals surface area contributed by atoms with E-state index < -0.39 is 0 Å². The molecule has 1 aromatic carbocycles. The van der Waals surface area contributed by atoms with Gasteiger partial charge in [0.2, 0.25) is 0 Å². The Bertz CT molecular complexity index is 704. The molecule has 0 radical (unpaired) electrons. The number of aromatic nitrogens is 1. The number of hydrogen-bond acceptors (Lipinski definition) is 3. The highest BCUT2D eigenvalue weighted by molar-refractivity contribution is 5.88. The van der Waals surface area contributed by atoms with Crippen LogP contribution in [0.4, 0.5) is 0 Å². The first-order chi connectivity index (χ1) is 10.0. The predicted molar refractivity (Wildman–Crippen MR) is 82.7 cm³/mol. The molecule has 1 amide bonds. The molecule has 0 bridgehead atoms. The van der Waals surface area contributed by atoms with E-state index in [1.54, 1.807) is 29.0 Å². The number of pyridine rings is 1. The summed E-state index contributed by atoms with van der Waals surface area (Å²) in [6.07, 6.45) is 1.74. The third kappa shape index (κ3) is 3.42. The Hall–Kier alpha value is -2.30. The van der Waals surface area contributed by atoms with Crippen molar-refractivity contribution >= 4 is 16.7 Å². The number of amides is 1. The topological polar surface area (TPSA) is 60.3 Å². The minimum atomic E-state index is -0.177. The van der Waals surface area contributed by atoms with E-state index in [2.05, 4.69) is 5.32 Å². The van der Waals surface area contributed by atoms with Gasteiger partial charge in [-0.15, -0.1) is 0 Å². The van der Waals surface area contributed by atoms with Crippen molar-refractivity contribution in [2.75, 3.05) is 6.61 Å². The summed E-state index contributed by atoms with van der Waals surface area (Å²) in [6.45, 7) is 6.26. The molecule has 0 spiro atoms. The number of benzene rings is 1. The highest BCUT2D eigenvalue weighted by atomic mass is 16.5. The molecule has 21 heavy (non-hydrogen) atoms. The molecule has 0 aliphatic carbocycles. The van der Waals surface area contributed by atoms with Gasteiger partial charge < -0.3 is 14.6 Å². The zero-order chi connectivity index (χ0) is 15.4. The molecule has 1 N–H and O–H groups in total. The molecule has 112 valence electrons. The van der Waals surface area contributed by atoms with Crippen LogP contribution >= 0.6 is 0 Å². The molecule has 0 saturated heterocycles. The minimum absolute atomic E-state index is 0.0490. The van der Waals surface area contributed by atoms with Crippen molar-refractivity contribution in [3.8, 4) is 5.75 Å². The van der Waals surface area contributed by atoms with Gasteiger partial charge >= 0.3 is 0 Å². The molecule has 1 aromatic heterocycles. The lowest BCUT2D eigenvalue weighted by Gasteiger charge is -2.12. The highest BCUT2D eigenvalue weighted by Gasteiger charge is 2.09. The maximum atomic E-state index is 12.2. The predicted octanol–water partition coefficient (Wildman–Crippen LogP) is 1.92. The molecule has 0 aliphatic heterocycles. The van der Waals surface area contributed by atoms with Crippen LogP contribution in [0.2, 0.25) is 0 Å². The molecule has 0 saturated carbocycles. The van der Waals surface area contributed by atoms with E-state index in [0.717, 1.165) is 5.39 Å². The zero-order valence-electron chi connectivity index (χ0n) is 12.6. The standard InChI is InChI=1S/C16H20N2O3/c1-4-18-9-8-12-13(16(18)20)6-5-7-14(12)21-10-15(19)17-11(2)3/h5-9,11H,4,10H2,1-3H3,(H,17,19). The monoisotopic (exact) mass is 288 g/mol. The minimum Gasteiger partial charge on any atom is -0.483 e. The van der Waals surface area contributed by atoms with Crippen molar-refractivity contribution in [2.45, 2.75) is 33.4 Å². The number of aryl methyl sites for hydroxylation is 1. The first-order valence-electron chi connectivity index (χ1n) is 7.07. The van der Waals surface area contributed by atoms with Crippen LogP contribution in [0.1, 0.15) is 20.8 Å². The number of fused-ring (bicyclic) bond motifs is 1. The summed E-state index contributed by atoms with van der Waals surface area (Å²) in [5.41, 5.74) is -0.0490. The fraction of sp³-hybridized carbons (Fsp3) is 0.375. The third-order valence-corrected chi connectivity index (χ3v) is 3.13. The van der Waals surface area contributed by atoms with Gasteiger partial charge in [0.15, 0.2) is 6.61 Å². The highest BCUT2D eigenvalue weighted by Crippen LogP contribution is 2.22. The number of carbonyl (C=O) groups excluding carboxylic acids is 1. The van der Waals surface area contributed by atoms with Gasteiger partial charge in [-0.25, -0.2) is 0 Å². The Kier molecular flexibility index (Phi) is 4.62. The van der Waals surface area contributed by atoms with Gasteiger partial charge in [-0.1, -0.05) is 6.07 Å². The van der Waals surface area contributed by atoms with Crippen LogP contribution < -0.4 is 15.6 Å². The summed E-state index contributed by atoms with van der Waals surface area (Å²) < 4.78 is 7.19. The first kappa shape index (κ1) is 15.1. The van der Waals surface area contributed by atoms with E-state index in [0.29, 0.717) is 17.7 Å². The molecule has 0 atom stereocenters. The third-order valence-electron chi connectivity index (χ3n) is 3.13. The van der Waals surface area contributed by atoms with Crippen molar-refractivity contribution in [3.63, 3.8) is 0 Å². The fourth-order valence-corrected chi connectivity index (χ4v) is 2.17. The smallest absolute Gasteiger partial charge is 0.258 e. The normalized spacial score (nSPS) is 10.9. The SMILES string of the molecule is CCn1ccc2c(OCC(=O)NC(C)C)cccc2c1=O. The van der Waals surface area contributed by atoms with Crippen LogP contribution in [-0.4, -0.2) is 23.1 Å². The number of nitrogens with zero attached hydrogens (tertiary/aromatic N) is 1. The fourth-order valence-electron chi connectivity index (χ4n) is 2.17. The lowest BCUT2D eigenvalue weighted by molar-refractivity contribution is -0.123. The lowest BCUT2D eigenvalue weighted by Crippen LogP contribution is -2.34. The van der Waals surface area contributed by atoms with E-state index >= 15 is 0 Å². The van der Waals surface area contributed by atoms with E-state index in [-0.39, 0.29) is 24.1 Å². The van der Waals surface area contributed by atoms with E-state index in [4.69, 9.17) is 4.74 Å². The Balaban J connectivity index is 2.27. The van der Waals surface area contributed by atoms with Gasteiger partial charge in [0.05, 0.1) is 5.39 Å². The molecule has 5 heteroatoms. The Morgan fingerprint density at radius 2 is 2.05 bits per heavy atom. The second-order valence-electron chi connectivity index (χ2n) is 5.14. The van der Waals surface area contributed by atoms with Crippen LogP contribution in [0.3, 0.4) is 0 Å². The van der Waals surface area contributed by atoms with Gasteiger partial charge in [-0.05, 0) is 39.0 Å². The lowest BCUT2D eigenvalue weighted by atomic mass is 10.1. The van der Waals surface area contributed by atoms with Crippen LogP contribution in [-0.2, 0) is 11.3 Å². The summed E-state index contributed by atoms with van der Waals surface area (Å²) >= 11 is 0. The number of rotatable bonds is 5. The molecule has 2 aromatic rings. The van der Waals surface area contributed by atoms with Crippen molar-refractivity contribution in [3.05, 3.63) is 40.8 Å². The Labute approximate surface area is 123 Å². The second kappa shape index (κ2) is 6.43. The molecule has 0 fully saturated rings. The van der Waals surface area contributed by atoms with Gasteiger partial charge in [-0.3, -0.25) is 9.59 Å². The maximum absolute atomic E-state index is 12.2. The van der Waals surface area contributed by atoms with Gasteiger partial charge in [0.25, 0.3) is 11.5 Å². The summed E-state index contributed by atoms with van der Waals surface area (Å²) in [4.78, 5) is 23.9. The number of carbonyl (C=O) groups is 1. The molecule has 0 unspecified atom stereocenters. The average molecular weight is 288 g/mol. The summed E-state index contributed by atoms with van der Waals surface area (Å²) in [5, 5.41) is 4.09. The molecular weight excluding hydrogens is 268 g/mol. The zero-order valence-corrected chi connectivity index (χ0v) is 12.6. The maximum Gasteiger partial charge on any atom is 0.258 e. The average Bonchev–Trinajstić information content (AvgIpc) is 2.45. The van der Waals surface area contributed by atoms with E-state index in [1.807, 2.05) is 26.8 Å². The van der Waals surface area contributed by atoms with E-state index in [9.17, 15) is 9.59 Å². The van der Waals surface area contributed by atoms with Crippen molar-refractivity contribution in [2.24, 2.45) is 0 Å². The number of hydrogen-bond donors (Lipinski definition) is 1. The Morgan fingerprint density at radius 3 is 2.71 bits per heavy atom. The summed E-state index contributed by atoms with van der Waals surface area (Å²) in [7, 11) is 0. The van der Waals surface area contributed by atoms with Crippen LogP contribution in [0.5, 0.6) is 5.75 Å². The van der Waals surface area contributed by atoms with Gasteiger partial charge in [-0.2, -0.15) is 0 Å². The molecule has 0 aliphatic rings. The largest absolute Gasteiger partial charge is 0.483 e. The summed E-state index contributed by atoms with van der Waals surface area (Å²) in [5.74, 6) is 0.371. The quantitative estimate of drug-likeness (QED) is 0.914. The summed E-state index contributed by atoms with van der Waals surface area (Å²) in [6, 6.07) is 7.21. The van der Waals surface area contributed by atoms with Crippen molar-refractivity contribution < 1.29 is 9.53 Å². The van der Waals surface area contributed by atoms with Gasteiger partial charge in [0, 0.05) is 24.2 Å².